The second-order valence-corrected chi connectivity index (χ2v) is 9.01. The lowest BCUT2D eigenvalue weighted by Crippen LogP contribution is -2.37. The Bertz CT molecular complexity index is 964. The number of nitrogens with one attached hydrogen (secondary N) is 1. The Balaban J connectivity index is 1.31. The lowest BCUT2D eigenvalue weighted by molar-refractivity contribution is 0.302. The minimum Gasteiger partial charge on any atom is -0.490 e. The van der Waals surface area contributed by atoms with Crippen molar-refractivity contribution in [2.24, 2.45) is 0 Å². The fourth-order valence-corrected chi connectivity index (χ4v) is 4.48. The maximum Gasteiger partial charge on any atom is 0.242 e. The molecule has 0 radical (unpaired) electrons. The van der Waals surface area contributed by atoms with Gasteiger partial charge < -0.3 is 4.74 Å². The summed E-state index contributed by atoms with van der Waals surface area (Å²) >= 11 is 0. The van der Waals surface area contributed by atoms with Crippen LogP contribution in [0.3, 0.4) is 0 Å². The first kappa shape index (κ1) is 18.9. The average molecular weight is 398 g/mol. The molecule has 1 saturated carbocycles. The van der Waals surface area contributed by atoms with Crippen LogP contribution in [-0.4, -0.2) is 43.5 Å². The van der Waals surface area contributed by atoms with Gasteiger partial charge in [0.25, 0.3) is 0 Å². The molecule has 1 aliphatic carbocycles. The van der Waals surface area contributed by atoms with E-state index in [-0.39, 0.29) is 16.6 Å². The minimum absolute atomic E-state index is 0.0798. The van der Waals surface area contributed by atoms with Crippen LogP contribution >= 0.6 is 0 Å². The van der Waals surface area contributed by atoms with Crippen LogP contribution in [0.2, 0.25) is 0 Å². The van der Waals surface area contributed by atoms with Crippen LogP contribution in [0.25, 0.3) is 0 Å². The Morgan fingerprint density at radius 2 is 1.96 bits per heavy atom. The summed E-state index contributed by atoms with van der Waals surface area (Å²) in [7, 11) is -3.64. The number of hydrogen-bond acceptors (Lipinski definition) is 6. The largest absolute Gasteiger partial charge is 0.490 e. The fraction of sp³-hybridized carbons (Fsp3) is 0.400. The Hall–Kier alpha value is -2.47. The number of ether oxygens (including phenoxy) is 1. The molecule has 1 saturated heterocycles. The fourth-order valence-electron chi connectivity index (χ4n) is 3.28. The van der Waals surface area contributed by atoms with Crippen molar-refractivity contribution in [3.8, 4) is 11.8 Å². The summed E-state index contributed by atoms with van der Waals surface area (Å²) < 4.78 is 33.5. The Kier molecular flexibility index (Phi) is 5.31. The molecule has 0 bridgehead atoms. The van der Waals surface area contributed by atoms with Crippen LogP contribution < -0.4 is 9.46 Å². The van der Waals surface area contributed by atoms with E-state index in [1.54, 1.807) is 0 Å². The Morgan fingerprint density at radius 1 is 1.18 bits per heavy atom. The Morgan fingerprint density at radius 3 is 2.61 bits per heavy atom. The second-order valence-electron chi connectivity index (χ2n) is 7.29. The molecule has 4 rings (SSSR count). The number of hydrogen-bond donors (Lipinski definition) is 1. The molecule has 0 amide bonds. The van der Waals surface area contributed by atoms with E-state index < -0.39 is 10.0 Å². The molecule has 2 fully saturated rings. The van der Waals surface area contributed by atoms with Crippen LogP contribution in [0.4, 0.5) is 0 Å². The molecule has 8 heteroatoms. The average Bonchev–Trinajstić information content (AvgIpc) is 3.41. The lowest BCUT2D eigenvalue weighted by Gasteiger charge is -2.17. The third-order valence-corrected chi connectivity index (χ3v) is 6.42. The van der Waals surface area contributed by atoms with E-state index in [2.05, 4.69) is 26.7 Å². The van der Waals surface area contributed by atoms with Crippen LogP contribution in [0.1, 0.15) is 30.5 Å². The van der Waals surface area contributed by atoms with E-state index in [1.165, 1.54) is 23.9 Å². The number of likely N-dealkylation sites (tertiary alicyclic amines) is 1. The van der Waals surface area contributed by atoms with Crippen molar-refractivity contribution < 1.29 is 13.2 Å². The number of pyridine rings is 1. The monoisotopic (exact) mass is 398 g/mol. The van der Waals surface area contributed by atoms with Gasteiger partial charge in [0.05, 0.1) is 6.10 Å². The third-order valence-electron chi connectivity index (χ3n) is 4.91. The topological polar surface area (TPSA) is 95.3 Å². The summed E-state index contributed by atoms with van der Waals surface area (Å²) in [6.07, 6.45) is 4.66. The van der Waals surface area contributed by atoms with E-state index in [9.17, 15) is 8.42 Å². The van der Waals surface area contributed by atoms with Gasteiger partial charge in [-0.1, -0.05) is 12.1 Å². The van der Waals surface area contributed by atoms with Crippen molar-refractivity contribution in [1.29, 1.82) is 5.26 Å². The zero-order valence-electron chi connectivity index (χ0n) is 15.4. The summed E-state index contributed by atoms with van der Waals surface area (Å²) in [6.45, 7) is 2.27. The molecule has 2 aliphatic rings. The number of aromatic nitrogens is 1. The maximum atomic E-state index is 12.5. The zero-order valence-corrected chi connectivity index (χ0v) is 16.2. The quantitative estimate of drug-likeness (QED) is 0.767. The second kappa shape index (κ2) is 7.87. The highest BCUT2D eigenvalue weighted by molar-refractivity contribution is 7.89. The first-order valence-corrected chi connectivity index (χ1v) is 10.9. The van der Waals surface area contributed by atoms with Crippen molar-refractivity contribution in [3.05, 3.63) is 53.9 Å². The molecular formula is C20H22N4O3S. The van der Waals surface area contributed by atoms with Crippen molar-refractivity contribution >= 4 is 10.0 Å². The number of nitrogens with zero attached hydrogens (tertiary/aromatic N) is 3. The molecule has 0 spiro atoms. The normalized spacial score (nSPS) is 20.0. The van der Waals surface area contributed by atoms with E-state index in [4.69, 9.17) is 10.00 Å². The summed E-state index contributed by atoms with van der Waals surface area (Å²) in [4.78, 5) is 6.15. The van der Waals surface area contributed by atoms with Crippen LogP contribution in [0, 0.1) is 11.3 Å². The summed E-state index contributed by atoms with van der Waals surface area (Å²) in [5.74, 6) is 0.911. The van der Waals surface area contributed by atoms with Gasteiger partial charge in [0.2, 0.25) is 10.0 Å². The van der Waals surface area contributed by atoms with Gasteiger partial charge in [0, 0.05) is 31.9 Å². The molecule has 7 nitrogen and oxygen atoms in total. The highest BCUT2D eigenvalue weighted by Gasteiger charge is 2.27. The van der Waals surface area contributed by atoms with E-state index in [0.717, 1.165) is 38.1 Å². The van der Waals surface area contributed by atoms with Gasteiger partial charge in [-0.3, -0.25) is 4.90 Å². The highest BCUT2D eigenvalue weighted by Crippen LogP contribution is 2.27. The van der Waals surface area contributed by atoms with Crippen LogP contribution in [0.15, 0.2) is 47.5 Å². The molecule has 1 aromatic carbocycles. The van der Waals surface area contributed by atoms with Gasteiger partial charge in [0.15, 0.2) is 0 Å². The molecule has 1 aliphatic heterocycles. The number of rotatable bonds is 7. The van der Waals surface area contributed by atoms with Gasteiger partial charge in [-0.05, 0) is 49.1 Å². The van der Waals surface area contributed by atoms with Gasteiger partial charge in [-0.15, -0.1) is 0 Å². The van der Waals surface area contributed by atoms with Gasteiger partial charge in [-0.25, -0.2) is 18.1 Å². The maximum absolute atomic E-state index is 12.5. The smallest absolute Gasteiger partial charge is 0.242 e. The third kappa shape index (κ3) is 4.68. The van der Waals surface area contributed by atoms with Crippen molar-refractivity contribution in [2.45, 2.75) is 42.8 Å². The number of nitriles is 1. The predicted molar refractivity (Wildman–Crippen MR) is 103 cm³/mol. The molecule has 1 atom stereocenters. The first-order chi connectivity index (χ1) is 13.5. The van der Waals surface area contributed by atoms with Crippen LogP contribution in [0.5, 0.6) is 5.75 Å². The molecule has 2 heterocycles. The minimum atomic E-state index is -3.64. The van der Waals surface area contributed by atoms with Crippen molar-refractivity contribution in [3.63, 3.8) is 0 Å². The molecule has 1 aromatic heterocycles. The lowest BCUT2D eigenvalue weighted by atomic mass is 10.2. The standard InChI is InChI=1S/C20H22N4O3S/c21-11-16-3-8-20(12-22-16)28(25,26)23-17-9-10-24(14-17)13-15-1-4-18(5-2-15)27-19-6-7-19/h1-5,8,12,17,19,23H,6-7,9-10,13-14H2/t17-/m1/s1. The summed E-state index contributed by atoms with van der Waals surface area (Å²) in [6, 6.07) is 12.7. The summed E-state index contributed by atoms with van der Waals surface area (Å²) in [5.41, 5.74) is 1.38. The molecule has 1 N–H and O–H groups in total. The molecule has 2 aromatic rings. The van der Waals surface area contributed by atoms with E-state index in [1.807, 2.05) is 18.2 Å². The van der Waals surface area contributed by atoms with E-state index >= 15 is 0 Å². The van der Waals surface area contributed by atoms with Gasteiger partial charge in [-0.2, -0.15) is 5.26 Å². The number of benzene rings is 1. The van der Waals surface area contributed by atoms with Crippen molar-refractivity contribution in [1.82, 2.24) is 14.6 Å². The first-order valence-electron chi connectivity index (χ1n) is 9.38. The Labute approximate surface area is 165 Å². The number of sulfonamides is 1. The predicted octanol–water partition coefficient (Wildman–Crippen LogP) is 2.05. The van der Waals surface area contributed by atoms with Crippen molar-refractivity contribution in [2.75, 3.05) is 13.1 Å². The SMILES string of the molecule is N#Cc1ccc(S(=O)(=O)N[C@@H]2CCN(Cc3ccc(OC4CC4)cc3)C2)cn1. The molecule has 146 valence electrons. The highest BCUT2D eigenvalue weighted by atomic mass is 32.2. The van der Waals surface area contributed by atoms with Gasteiger partial charge in [0.1, 0.15) is 22.4 Å². The molecule has 28 heavy (non-hydrogen) atoms. The van der Waals surface area contributed by atoms with Gasteiger partial charge >= 0.3 is 0 Å². The molecular weight excluding hydrogens is 376 g/mol. The van der Waals surface area contributed by atoms with E-state index in [0.29, 0.717) is 12.6 Å². The zero-order chi connectivity index (χ0) is 19.6. The molecule has 0 unspecified atom stereocenters. The summed E-state index contributed by atoms with van der Waals surface area (Å²) in [5, 5.41) is 8.78. The van der Waals surface area contributed by atoms with Crippen LogP contribution in [-0.2, 0) is 16.6 Å².